The van der Waals surface area contributed by atoms with Crippen LogP contribution in [0.15, 0.2) is 36.0 Å². The van der Waals surface area contributed by atoms with E-state index in [-0.39, 0.29) is 0 Å². The first kappa shape index (κ1) is 12.3. The van der Waals surface area contributed by atoms with Crippen LogP contribution in [0.5, 0.6) is 0 Å². The molecule has 0 aromatic rings. The van der Waals surface area contributed by atoms with Crippen molar-refractivity contribution in [2.24, 2.45) is 11.8 Å². The smallest absolute Gasteiger partial charge is 0.0204 e. The molecule has 0 heteroatoms. The lowest BCUT2D eigenvalue weighted by Gasteiger charge is -2.18. The zero-order chi connectivity index (χ0) is 11.3. The number of rotatable bonds is 1. The number of allylic oxidation sites excluding steroid dienone is 5. The van der Waals surface area contributed by atoms with Crippen LogP contribution in [0.4, 0.5) is 0 Å². The van der Waals surface area contributed by atoms with Crippen molar-refractivity contribution < 1.29 is 0 Å². The molecule has 0 aliphatic heterocycles. The highest BCUT2D eigenvalue weighted by Crippen LogP contribution is 2.24. The van der Waals surface area contributed by atoms with Gasteiger partial charge >= 0.3 is 0 Å². The van der Waals surface area contributed by atoms with Gasteiger partial charge in [0, 0.05) is 0 Å². The molecule has 0 saturated heterocycles. The lowest BCUT2D eigenvalue weighted by atomic mass is 9.88. The van der Waals surface area contributed by atoms with Crippen molar-refractivity contribution in [3.8, 4) is 0 Å². The van der Waals surface area contributed by atoms with E-state index >= 15 is 0 Å². The Hall–Kier alpha value is -0.780. The Bertz CT molecular complexity index is 266. The molecule has 84 valence electrons. The molecule has 0 radical (unpaired) electrons. The van der Waals surface area contributed by atoms with Gasteiger partial charge in [0.2, 0.25) is 0 Å². The molecule has 0 aromatic heterocycles. The van der Waals surface area contributed by atoms with Gasteiger partial charge in [-0.15, -0.1) is 0 Å². The van der Waals surface area contributed by atoms with Crippen molar-refractivity contribution in [1.82, 2.24) is 0 Å². The Kier molecular flexibility index (Phi) is 4.87. The Morgan fingerprint density at radius 1 is 1.33 bits per heavy atom. The normalized spacial score (nSPS) is 26.3. The Labute approximate surface area is 94.8 Å². The van der Waals surface area contributed by atoms with E-state index < -0.39 is 0 Å². The summed E-state index contributed by atoms with van der Waals surface area (Å²) in [6.07, 6.45) is 11.8. The molecule has 1 atom stereocenters. The molecule has 1 rings (SSSR count). The first-order chi connectivity index (χ1) is 7.09. The highest BCUT2D eigenvalue weighted by Gasteiger charge is 2.10. The Morgan fingerprint density at radius 2 is 2.07 bits per heavy atom. The second-order valence-corrected chi connectivity index (χ2v) is 5.05. The fourth-order valence-corrected chi connectivity index (χ4v) is 2.00. The first-order valence-electron chi connectivity index (χ1n) is 6.11. The van der Waals surface area contributed by atoms with Gasteiger partial charge < -0.3 is 0 Å². The van der Waals surface area contributed by atoms with E-state index in [1.165, 1.54) is 18.4 Å². The molecule has 0 heterocycles. The maximum atomic E-state index is 4.09. The molecule has 0 spiro atoms. The molecule has 0 aromatic carbocycles. The third-order valence-corrected chi connectivity index (χ3v) is 3.27. The molecule has 0 N–H and O–H groups in total. The lowest BCUT2D eigenvalue weighted by Crippen LogP contribution is -2.06. The van der Waals surface area contributed by atoms with Crippen molar-refractivity contribution in [2.45, 2.75) is 46.5 Å². The zero-order valence-electron chi connectivity index (χ0n) is 10.4. The van der Waals surface area contributed by atoms with Crippen LogP contribution >= 0.6 is 0 Å². The third kappa shape index (κ3) is 4.51. The molecule has 0 nitrogen and oxygen atoms in total. The van der Waals surface area contributed by atoms with Crippen LogP contribution in [0, 0.1) is 11.8 Å². The zero-order valence-corrected chi connectivity index (χ0v) is 10.4. The highest BCUT2D eigenvalue weighted by molar-refractivity contribution is 5.17. The molecular weight excluding hydrogens is 180 g/mol. The summed E-state index contributed by atoms with van der Waals surface area (Å²) < 4.78 is 0. The summed E-state index contributed by atoms with van der Waals surface area (Å²) in [5.74, 6) is 1.45. The molecule has 0 fully saturated rings. The minimum absolute atomic E-state index is 0.711. The topological polar surface area (TPSA) is 0 Å². The van der Waals surface area contributed by atoms with E-state index in [1.54, 1.807) is 5.57 Å². The summed E-state index contributed by atoms with van der Waals surface area (Å²) in [6.45, 7) is 11.0. The van der Waals surface area contributed by atoms with Gasteiger partial charge in [-0.2, -0.15) is 0 Å². The number of hydrogen-bond donors (Lipinski definition) is 0. The van der Waals surface area contributed by atoms with E-state index in [4.69, 9.17) is 0 Å². The van der Waals surface area contributed by atoms with Crippen molar-refractivity contribution in [2.75, 3.05) is 0 Å². The predicted octanol–water partition coefficient (Wildman–Crippen LogP) is 4.89. The quantitative estimate of drug-likeness (QED) is 0.533. The summed E-state index contributed by atoms with van der Waals surface area (Å²) in [6, 6.07) is 0. The van der Waals surface area contributed by atoms with Crippen molar-refractivity contribution in [3.63, 3.8) is 0 Å². The maximum absolute atomic E-state index is 4.09. The fourth-order valence-electron chi connectivity index (χ4n) is 2.00. The summed E-state index contributed by atoms with van der Waals surface area (Å²) in [4.78, 5) is 0. The fraction of sp³-hybridized carbons (Fsp3) is 0.600. The average Bonchev–Trinajstić information content (AvgIpc) is 2.16. The van der Waals surface area contributed by atoms with Crippen LogP contribution in [0.1, 0.15) is 46.5 Å². The van der Waals surface area contributed by atoms with Gasteiger partial charge in [-0.05, 0) is 44.4 Å². The molecule has 1 aliphatic carbocycles. The second kappa shape index (κ2) is 5.95. The summed E-state index contributed by atoms with van der Waals surface area (Å²) in [5.41, 5.74) is 2.82. The molecule has 0 unspecified atom stereocenters. The largest absolute Gasteiger partial charge is 0.0958 e. The first-order valence-corrected chi connectivity index (χ1v) is 6.11. The van der Waals surface area contributed by atoms with Gasteiger partial charge in [0.25, 0.3) is 0 Å². The molecule has 0 bridgehead atoms. The molecule has 15 heavy (non-hydrogen) atoms. The van der Waals surface area contributed by atoms with E-state index in [9.17, 15) is 0 Å². The van der Waals surface area contributed by atoms with Gasteiger partial charge in [0.1, 0.15) is 0 Å². The molecule has 0 amide bonds. The van der Waals surface area contributed by atoms with Crippen LogP contribution in [0.3, 0.4) is 0 Å². The van der Waals surface area contributed by atoms with Crippen LogP contribution < -0.4 is 0 Å². The molecule has 1 aliphatic rings. The van der Waals surface area contributed by atoms with Crippen molar-refractivity contribution in [3.05, 3.63) is 36.0 Å². The van der Waals surface area contributed by atoms with E-state index in [0.717, 1.165) is 18.8 Å². The van der Waals surface area contributed by atoms with Gasteiger partial charge in [-0.25, -0.2) is 0 Å². The minimum Gasteiger partial charge on any atom is -0.0958 e. The van der Waals surface area contributed by atoms with Crippen molar-refractivity contribution >= 4 is 0 Å². The summed E-state index contributed by atoms with van der Waals surface area (Å²) >= 11 is 0. The highest BCUT2D eigenvalue weighted by atomic mass is 14.2. The van der Waals surface area contributed by atoms with Gasteiger partial charge in [0.15, 0.2) is 0 Å². The van der Waals surface area contributed by atoms with Gasteiger partial charge in [-0.3, -0.25) is 0 Å². The van der Waals surface area contributed by atoms with Gasteiger partial charge in [-0.1, -0.05) is 49.8 Å². The van der Waals surface area contributed by atoms with E-state index in [0.29, 0.717) is 5.92 Å². The monoisotopic (exact) mass is 204 g/mol. The Morgan fingerprint density at radius 3 is 2.73 bits per heavy atom. The third-order valence-electron chi connectivity index (χ3n) is 3.27. The summed E-state index contributed by atoms with van der Waals surface area (Å²) in [5, 5.41) is 0. The van der Waals surface area contributed by atoms with Crippen LogP contribution in [-0.2, 0) is 0 Å². The SMILES string of the molecule is C=C1/C=C/[C@H](C(C)C)CCC(C)=CCC1. The van der Waals surface area contributed by atoms with Crippen LogP contribution in [-0.4, -0.2) is 0 Å². The predicted molar refractivity (Wildman–Crippen MR) is 68.8 cm³/mol. The molecule has 0 saturated carbocycles. The average molecular weight is 204 g/mol. The Balaban J connectivity index is 2.70. The standard InChI is InChI=1S/C15H24/c1-12(2)15-10-8-13(3)6-5-7-14(4)9-11-15/h7-8,10,12,15H,3,5-6,9,11H2,1-2,4H3/b10-8+,14-7?/t15-/m0/s1. The second-order valence-electron chi connectivity index (χ2n) is 5.05. The summed E-state index contributed by atoms with van der Waals surface area (Å²) in [7, 11) is 0. The lowest BCUT2D eigenvalue weighted by molar-refractivity contribution is 0.435. The van der Waals surface area contributed by atoms with E-state index in [2.05, 4.69) is 45.6 Å². The number of hydrogen-bond acceptors (Lipinski definition) is 0. The van der Waals surface area contributed by atoms with Crippen LogP contribution in [0.2, 0.25) is 0 Å². The van der Waals surface area contributed by atoms with Gasteiger partial charge in [0.05, 0.1) is 0 Å². The van der Waals surface area contributed by atoms with Crippen molar-refractivity contribution in [1.29, 1.82) is 0 Å². The van der Waals surface area contributed by atoms with Crippen LogP contribution in [0.25, 0.3) is 0 Å². The molecular formula is C15H24. The minimum atomic E-state index is 0.711. The van der Waals surface area contributed by atoms with E-state index in [1.807, 2.05) is 0 Å². The maximum Gasteiger partial charge on any atom is -0.0204 e.